The summed E-state index contributed by atoms with van der Waals surface area (Å²) < 4.78 is 0. The van der Waals surface area contributed by atoms with E-state index in [9.17, 15) is 0 Å². The van der Waals surface area contributed by atoms with Crippen molar-refractivity contribution in [1.82, 2.24) is 10.6 Å². The third-order valence-corrected chi connectivity index (χ3v) is 5.16. The topological polar surface area (TPSA) is 73.5 Å². The largest absolute Gasteiger partial charge is 0.288 e. The van der Waals surface area contributed by atoms with E-state index in [2.05, 4.69) is 58.5 Å². The van der Waals surface area contributed by atoms with Gasteiger partial charge in [-0.05, 0) is 12.8 Å². The lowest BCUT2D eigenvalue weighted by Gasteiger charge is -2.31. The third-order valence-electron chi connectivity index (χ3n) is 5.16. The van der Waals surface area contributed by atoms with Gasteiger partial charge in [0.05, 0.1) is 13.1 Å². The molecule has 2 heterocycles. The lowest BCUT2D eigenvalue weighted by Crippen LogP contribution is -2.46. The smallest absolute Gasteiger partial charge is 0.114 e. The number of azo groups is 1. The van der Waals surface area contributed by atoms with Crippen LogP contribution in [0.1, 0.15) is 40.5 Å². The molecular formula is C16H30N6. The SMILES string of the molecule is CCC1(C(C)CN=NCC(C)C2(CC)N=CCN2)N=CCN1. The molecule has 0 amide bonds. The average molecular weight is 306 g/mol. The fourth-order valence-electron chi connectivity index (χ4n) is 3.35. The highest BCUT2D eigenvalue weighted by Crippen LogP contribution is 2.27. The molecule has 4 unspecified atom stereocenters. The fourth-order valence-corrected chi connectivity index (χ4v) is 3.35. The van der Waals surface area contributed by atoms with Crippen LogP contribution in [-0.2, 0) is 0 Å². The molecule has 0 bridgehead atoms. The molecule has 0 aliphatic carbocycles. The molecule has 0 radical (unpaired) electrons. The van der Waals surface area contributed by atoms with Gasteiger partial charge in [-0.25, -0.2) is 0 Å². The maximum Gasteiger partial charge on any atom is 0.114 e. The summed E-state index contributed by atoms with van der Waals surface area (Å²) in [6.07, 6.45) is 5.89. The highest BCUT2D eigenvalue weighted by atomic mass is 15.2. The van der Waals surface area contributed by atoms with Crippen LogP contribution in [0.4, 0.5) is 0 Å². The quantitative estimate of drug-likeness (QED) is 0.675. The van der Waals surface area contributed by atoms with Crippen LogP contribution in [0.3, 0.4) is 0 Å². The van der Waals surface area contributed by atoms with Crippen LogP contribution in [-0.4, -0.2) is 49.9 Å². The number of hydrogen-bond acceptors (Lipinski definition) is 6. The molecule has 4 atom stereocenters. The third kappa shape index (κ3) is 3.43. The summed E-state index contributed by atoms with van der Waals surface area (Å²) in [6, 6.07) is 0. The molecular weight excluding hydrogens is 276 g/mol. The van der Waals surface area contributed by atoms with Gasteiger partial charge in [0.15, 0.2) is 0 Å². The molecule has 124 valence electrons. The van der Waals surface area contributed by atoms with Crippen molar-refractivity contribution >= 4 is 12.4 Å². The molecule has 2 N–H and O–H groups in total. The van der Waals surface area contributed by atoms with E-state index in [1.165, 1.54) is 0 Å². The van der Waals surface area contributed by atoms with E-state index in [0.29, 0.717) is 24.9 Å². The Kier molecular flexibility index (Phi) is 5.81. The summed E-state index contributed by atoms with van der Waals surface area (Å²) >= 11 is 0. The maximum atomic E-state index is 4.62. The van der Waals surface area contributed by atoms with E-state index in [0.717, 1.165) is 25.9 Å². The second kappa shape index (κ2) is 7.42. The Morgan fingerprint density at radius 1 is 0.909 bits per heavy atom. The zero-order chi connectivity index (χ0) is 16.1. The second-order valence-corrected chi connectivity index (χ2v) is 6.39. The molecule has 0 saturated heterocycles. The Morgan fingerprint density at radius 3 is 1.59 bits per heavy atom. The van der Waals surface area contributed by atoms with Crippen LogP contribution in [0.25, 0.3) is 0 Å². The lowest BCUT2D eigenvalue weighted by molar-refractivity contribution is 0.243. The average Bonchev–Trinajstić information content (AvgIpc) is 3.20. The van der Waals surface area contributed by atoms with Crippen molar-refractivity contribution in [3.05, 3.63) is 0 Å². The highest BCUT2D eigenvalue weighted by molar-refractivity contribution is 5.63. The Bertz CT molecular complexity index is 406. The van der Waals surface area contributed by atoms with Gasteiger partial charge in [-0.3, -0.25) is 20.6 Å². The van der Waals surface area contributed by atoms with Crippen molar-refractivity contribution in [3.63, 3.8) is 0 Å². The van der Waals surface area contributed by atoms with Crippen LogP contribution < -0.4 is 10.6 Å². The van der Waals surface area contributed by atoms with Gasteiger partial charge >= 0.3 is 0 Å². The van der Waals surface area contributed by atoms with E-state index in [1.54, 1.807) is 0 Å². The number of rotatable bonds is 8. The summed E-state index contributed by atoms with van der Waals surface area (Å²) in [7, 11) is 0. The van der Waals surface area contributed by atoms with Crippen molar-refractivity contribution in [2.75, 3.05) is 26.2 Å². The van der Waals surface area contributed by atoms with Crippen molar-refractivity contribution < 1.29 is 0 Å². The van der Waals surface area contributed by atoms with Crippen LogP contribution in [0.5, 0.6) is 0 Å². The summed E-state index contributed by atoms with van der Waals surface area (Å²) in [5.41, 5.74) is -0.293. The normalized spacial score (nSPS) is 33.8. The van der Waals surface area contributed by atoms with E-state index >= 15 is 0 Å². The molecule has 2 aliphatic heterocycles. The molecule has 0 aromatic rings. The van der Waals surface area contributed by atoms with Gasteiger partial charge in [-0.15, -0.1) is 0 Å². The van der Waals surface area contributed by atoms with Gasteiger partial charge in [0, 0.05) is 37.4 Å². The minimum absolute atomic E-state index is 0.146. The van der Waals surface area contributed by atoms with Crippen molar-refractivity contribution in [2.24, 2.45) is 32.0 Å². The van der Waals surface area contributed by atoms with E-state index in [-0.39, 0.29) is 11.3 Å². The molecule has 0 fully saturated rings. The van der Waals surface area contributed by atoms with Crippen LogP contribution in [0.15, 0.2) is 20.2 Å². The van der Waals surface area contributed by atoms with Crippen LogP contribution in [0, 0.1) is 11.8 Å². The molecule has 2 rings (SSSR count). The highest BCUT2D eigenvalue weighted by Gasteiger charge is 2.36. The van der Waals surface area contributed by atoms with Crippen LogP contribution >= 0.6 is 0 Å². The van der Waals surface area contributed by atoms with Gasteiger partial charge in [0.2, 0.25) is 0 Å². The first-order valence-electron chi connectivity index (χ1n) is 8.49. The minimum Gasteiger partial charge on any atom is -0.288 e. The lowest BCUT2D eigenvalue weighted by atomic mass is 9.92. The molecule has 6 nitrogen and oxygen atoms in total. The van der Waals surface area contributed by atoms with Gasteiger partial charge in [-0.1, -0.05) is 27.7 Å². The first kappa shape index (κ1) is 17.2. The fraction of sp³-hybridized carbons (Fsp3) is 0.875. The van der Waals surface area contributed by atoms with Crippen molar-refractivity contribution in [3.8, 4) is 0 Å². The first-order valence-corrected chi connectivity index (χ1v) is 8.49. The van der Waals surface area contributed by atoms with Crippen LogP contribution in [0.2, 0.25) is 0 Å². The zero-order valence-corrected chi connectivity index (χ0v) is 14.3. The Balaban J connectivity index is 1.83. The Morgan fingerprint density at radius 2 is 1.32 bits per heavy atom. The minimum atomic E-state index is -0.146. The molecule has 22 heavy (non-hydrogen) atoms. The molecule has 0 aromatic heterocycles. The standard InChI is InChI=1S/C16H30N6/c1-5-15(17-7-8-18-15)13(3)11-21-22-12-14(4)16(6-2)19-9-10-20-16/h7,9,13-14,18,20H,5-6,8,10-12H2,1-4H3. The van der Waals surface area contributed by atoms with E-state index < -0.39 is 0 Å². The molecule has 0 aromatic carbocycles. The monoisotopic (exact) mass is 306 g/mol. The molecule has 0 saturated carbocycles. The number of nitrogens with zero attached hydrogens (tertiary/aromatic N) is 4. The first-order chi connectivity index (χ1) is 10.6. The predicted octanol–water partition coefficient (Wildman–Crippen LogP) is 2.27. The maximum absolute atomic E-state index is 4.62. The number of aliphatic imine (C=N–C) groups is 2. The predicted molar refractivity (Wildman–Crippen MR) is 92.0 cm³/mol. The van der Waals surface area contributed by atoms with Gasteiger partial charge < -0.3 is 0 Å². The zero-order valence-electron chi connectivity index (χ0n) is 14.3. The number of nitrogens with one attached hydrogen (secondary N) is 2. The molecule has 0 spiro atoms. The summed E-state index contributed by atoms with van der Waals surface area (Å²) in [5, 5.41) is 15.8. The Labute approximate surface area is 134 Å². The van der Waals surface area contributed by atoms with E-state index in [1.807, 2.05) is 12.4 Å². The summed E-state index contributed by atoms with van der Waals surface area (Å²) in [5.74, 6) is 0.691. The molecule has 2 aliphatic rings. The van der Waals surface area contributed by atoms with Gasteiger partial charge in [-0.2, -0.15) is 10.2 Å². The summed E-state index contributed by atoms with van der Waals surface area (Å²) in [4.78, 5) is 9.24. The number of hydrogen-bond donors (Lipinski definition) is 2. The Hall–Kier alpha value is -1.14. The van der Waals surface area contributed by atoms with Crippen molar-refractivity contribution in [2.45, 2.75) is 51.9 Å². The van der Waals surface area contributed by atoms with E-state index in [4.69, 9.17) is 0 Å². The van der Waals surface area contributed by atoms with Gasteiger partial charge in [0.1, 0.15) is 11.3 Å². The summed E-state index contributed by atoms with van der Waals surface area (Å²) in [6.45, 7) is 11.8. The van der Waals surface area contributed by atoms with Gasteiger partial charge in [0.25, 0.3) is 0 Å². The van der Waals surface area contributed by atoms with Crippen molar-refractivity contribution in [1.29, 1.82) is 0 Å². The molecule has 6 heteroatoms. The second-order valence-electron chi connectivity index (χ2n) is 6.39.